The summed E-state index contributed by atoms with van der Waals surface area (Å²) >= 11 is 5.69. The molecule has 0 atom stereocenters. The zero-order chi connectivity index (χ0) is 15.2. The van der Waals surface area contributed by atoms with Crippen LogP contribution in [0.4, 0.5) is 0 Å². The maximum absolute atomic E-state index is 12.1. The number of pyridine rings is 1. The van der Waals surface area contributed by atoms with Crippen molar-refractivity contribution in [3.63, 3.8) is 0 Å². The lowest BCUT2D eigenvalue weighted by atomic mass is 9.86. The number of hydrogen-bond acceptors (Lipinski definition) is 4. The van der Waals surface area contributed by atoms with E-state index in [0.717, 1.165) is 25.7 Å². The third-order valence-electron chi connectivity index (χ3n) is 3.67. The van der Waals surface area contributed by atoms with E-state index in [1.54, 1.807) is 12.1 Å². The predicted octanol–water partition coefficient (Wildman–Crippen LogP) is 2.59. The van der Waals surface area contributed by atoms with Crippen LogP contribution in [0.25, 0.3) is 0 Å². The molecule has 114 valence electrons. The number of nitrogens with zero attached hydrogens (tertiary/aromatic N) is 1. The summed E-state index contributed by atoms with van der Waals surface area (Å²) in [6.07, 6.45) is 4.54. The predicted molar refractivity (Wildman–Crippen MR) is 79.1 cm³/mol. The number of rotatable bonds is 4. The standard InChI is InChI=1S/C15H19ClN2O3/c1-2-21-15(20)10-3-6-12(7-4-10)18-14(19)11-5-8-13(16)17-9-11/h5,8-10,12H,2-4,6-7H2,1H3,(H,18,19). The van der Waals surface area contributed by atoms with Gasteiger partial charge in [-0.05, 0) is 44.7 Å². The highest BCUT2D eigenvalue weighted by Crippen LogP contribution is 2.25. The van der Waals surface area contributed by atoms with Crippen LogP contribution in [0.1, 0.15) is 43.0 Å². The second-order valence-electron chi connectivity index (χ2n) is 5.14. The molecule has 1 N–H and O–H groups in total. The first kappa shape index (κ1) is 15.8. The van der Waals surface area contributed by atoms with E-state index in [4.69, 9.17) is 16.3 Å². The Labute approximate surface area is 129 Å². The summed E-state index contributed by atoms with van der Waals surface area (Å²) in [5.41, 5.74) is 0.493. The lowest BCUT2D eigenvalue weighted by molar-refractivity contribution is -0.149. The topological polar surface area (TPSA) is 68.3 Å². The van der Waals surface area contributed by atoms with Crippen molar-refractivity contribution in [2.75, 3.05) is 6.61 Å². The number of esters is 1. The fraction of sp³-hybridized carbons (Fsp3) is 0.533. The van der Waals surface area contributed by atoms with Gasteiger partial charge in [0.05, 0.1) is 18.1 Å². The average molecular weight is 311 g/mol. The zero-order valence-corrected chi connectivity index (χ0v) is 12.7. The quantitative estimate of drug-likeness (QED) is 0.685. The molecule has 1 aromatic rings. The molecule has 1 heterocycles. The van der Waals surface area contributed by atoms with E-state index in [1.165, 1.54) is 6.20 Å². The molecule has 21 heavy (non-hydrogen) atoms. The van der Waals surface area contributed by atoms with Crippen molar-refractivity contribution >= 4 is 23.5 Å². The normalized spacial score (nSPS) is 21.6. The van der Waals surface area contributed by atoms with Crippen molar-refractivity contribution in [2.45, 2.75) is 38.6 Å². The molecule has 0 spiro atoms. The fourth-order valence-corrected chi connectivity index (χ4v) is 2.62. The second kappa shape index (κ2) is 7.41. The Morgan fingerprint density at radius 2 is 2.05 bits per heavy atom. The molecule has 0 aliphatic heterocycles. The van der Waals surface area contributed by atoms with Crippen molar-refractivity contribution in [1.82, 2.24) is 10.3 Å². The molecule has 1 fully saturated rings. The van der Waals surface area contributed by atoms with Crippen LogP contribution in [0.2, 0.25) is 5.15 Å². The lowest BCUT2D eigenvalue weighted by Gasteiger charge is -2.27. The van der Waals surface area contributed by atoms with Crippen molar-refractivity contribution in [2.24, 2.45) is 5.92 Å². The largest absolute Gasteiger partial charge is 0.466 e. The number of ether oxygens (including phenoxy) is 1. The summed E-state index contributed by atoms with van der Waals surface area (Å²) in [5.74, 6) is -0.307. The lowest BCUT2D eigenvalue weighted by Crippen LogP contribution is -2.39. The molecule has 2 rings (SSSR count). The first-order valence-corrected chi connectivity index (χ1v) is 7.57. The Morgan fingerprint density at radius 3 is 2.62 bits per heavy atom. The number of amides is 1. The maximum Gasteiger partial charge on any atom is 0.308 e. The minimum atomic E-state index is -0.154. The molecule has 0 saturated heterocycles. The number of halogens is 1. The number of carbonyl (C=O) groups is 2. The van der Waals surface area contributed by atoms with E-state index in [2.05, 4.69) is 10.3 Å². The van der Waals surface area contributed by atoms with Crippen LogP contribution >= 0.6 is 11.6 Å². The molecule has 1 amide bonds. The highest BCUT2D eigenvalue weighted by Gasteiger charge is 2.28. The molecule has 1 aliphatic rings. The van der Waals surface area contributed by atoms with Gasteiger partial charge in [-0.1, -0.05) is 11.6 Å². The van der Waals surface area contributed by atoms with Crippen LogP contribution in [0.15, 0.2) is 18.3 Å². The molecule has 6 heteroatoms. The van der Waals surface area contributed by atoms with Crippen LogP contribution in [0.3, 0.4) is 0 Å². The molecular weight excluding hydrogens is 292 g/mol. The van der Waals surface area contributed by atoms with Gasteiger partial charge in [-0.15, -0.1) is 0 Å². The summed E-state index contributed by atoms with van der Waals surface area (Å²) < 4.78 is 5.03. The van der Waals surface area contributed by atoms with E-state index in [9.17, 15) is 9.59 Å². The first-order chi connectivity index (χ1) is 10.1. The van der Waals surface area contributed by atoms with Crippen molar-refractivity contribution in [3.05, 3.63) is 29.0 Å². The summed E-state index contributed by atoms with van der Waals surface area (Å²) in [6.45, 7) is 2.23. The molecule has 0 aromatic carbocycles. The summed E-state index contributed by atoms with van der Waals surface area (Å²) in [5, 5.41) is 3.33. The van der Waals surface area contributed by atoms with E-state index in [1.807, 2.05) is 6.92 Å². The Bertz CT molecular complexity index is 496. The van der Waals surface area contributed by atoms with Gasteiger partial charge in [0.2, 0.25) is 0 Å². The maximum atomic E-state index is 12.1. The van der Waals surface area contributed by atoms with E-state index in [-0.39, 0.29) is 23.8 Å². The van der Waals surface area contributed by atoms with Crippen LogP contribution in [0, 0.1) is 5.92 Å². The molecule has 0 bridgehead atoms. The van der Waals surface area contributed by atoms with E-state index >= 15 is 0 Å². The molecular formula is C15H19ClN2O3. The van der Waals surface area contributed by atoms with Crippen molar-refractivity contribution < 1.29 is 14.3 Å². The van der Waals surface area contributed by atoms with E-state index in [0.29, 0.717) is 17.3 Å². The van der Waals surface area contributed by atoms with Gasteiger partial charge < -0.3 is 10.1 Å². The molecule has 1 aromatic heterocycles. The van der Waals surface area contributed by atoms with Crippen LogP contribution in [0.5, 0.6) is 0 Å². The van der Waals surface area contributed by atoms with Gasteiger partial charge in [0.1, 0.15) is 5.15 Å². The molecule has 0 unspecified atom stereocenters. The number of hydrogen-bond donors (Lipinski definition) is 1. The van der Waals surface area contributed by atoms with Crippen molar-refractivity contribution in [1.29, 1.82) is 0 Å². The second-order valence-corrected chi connectivity index (χ2v) is 5.53. The summed E-state index contributed by atoms with van der Waals surface area (Å²) in [4.78, 5) is 27.6. The van der Waals surface area contributed by atoms with Crippen molar-refractivity contribution in [3.8, 4) is 0 Å². The van der Waals surface area contributed by atoms with Gasteiger partial charge in [-0.2, -0.15) is 0 Å². The number of nitrogens with one attached hydrogen (secondary N) is 1. The molecule has 5 nitrogen and oxygen atoms in total. The highest BCUT2D eigenvalue weighted by molar-refractivity contribution is 6.29. The van der Waals surface area contributed by atoms with Gasteiger partial charge in [0.25, 0.3) is 5.91 Å². The van der Waals surface area contributed by atoms with Gasteiger partial charge in [0, 0.05) is 12.2 Å². The van der Waals surface area contributed by atoms with E-state index < -0.39 is 0 Å². The van der Waals surface area contributed by atoms with Gasteiger partial charge in [0.15, 0.2) is 0 Å². The minimum Gasteiger partial charge on any atom is -0.466 e. The van der Waals surface area contributed by atoms with Crippen LogP contribution in [-0.4, -0.2) is 29.5 Å². The fourth-order valence-electron chi connectivity index (χ4n) is 2.51. The average Bonchev–Trinajstić information content (AvgIpc) is 2.49. The third kappa shape index (κ3) is 4.43. The van der Waals surface area contributed by atoms with Gasteiger partial charge in [-0.3, -0.25) is 9.59 Å². The monoisotopic (exact) mass is 310 g/mol. The molecule has 1 aliphatic carbocycles. The number of carbonyl (C=O) groups excluding carboxylic acids is 2. The Morgan fingerprint density at radius 1 is 1.33 bits per heavy atom. The Balaban J connectivity index is 1.82. The molecule has 1 saturated carbocycles. The minimum absolute atomic E-state index is 0.0321. The first-order valence-electron chi connectivity index (χ1n) is 7.19. The molecule has 0 radical (unpaired) electrons. The van der Waals surface area contributed by atoms with Crippen LogP contribution < -0.4 is 5.32 Å². The SMILES string of the molecule is CCOC(=O)C1CCC(NC(=O)c2ccc(Cl)nc2)CC1. The van der Waals surface area contributed by atoms with Gasteiger partial charge in [-0.25, -0.2) is 4.98 Å². The number of aromatic nitrogens is 1. The van der Waals surface area contributed by atoms with Gasteiger partial charge >= 0.3 is 5.97 Å². The van der Waals surface area contributed by atoms with Crippen LogP contribution in [-0.2, 0) is 9.53 Å². The Hall–Kier alpha value is -1.62. The smallest absolute Gasteiger partial charge is 0.308 e. The summed E-state index contributed by atoms with van der Waals surface area (Å²) in [6, 6.07) is 3.34. The third-order valence-corrected chi connectivity index (χ3v) is 3.90. The highest BCUT2D eigenvalue weighted by atomic mass is 35.5. The Kier molecular flexibility index (Phi) is 5.56. The zero-order valence-electron chi connectivity index (χ0n) is 12.0. The summed E-state index contributed by atoms with van der Waals surface area (Å²) in [7, 11) is 0.